The summed E-state index contributed by atoms with van der Waals surface area (Å²) in [5.74, 6) is 0. The monoisotopic (exact) mass is 300 g/mol. The SMILES string of the molecule is CCCCNCc1cccnc1.CCNCc1cccnc1. The third-order valence-corrected chi connectivity index (χ3v) is 3.06. The van der Waals surface area contributed by atoms with E-state index >= 15 is 0 Å². The van der Waals surface area contributed by atoms with Crippen LogP contribution in [-0.4, -0.2) is 23.1 Å². The van der Waals surface area contributed by atoms with Gasteiger partial charge in [0.1, 0.15) is 0 Å². The molecule has 2 rings (SSSR count). The molecule has 0 fully saturated rings. The average Bonchev–Trinajstić information content (AvgIpc) is 2.59. The smallest absolute Gasteiger partial charge is 0.0312 e. The zero-order valence-electron chi connectivity index (χ0n) is 13.8. The van der Waals surface area contributed by atoms with Crippen molar-refractivity contribution in [2.45, 2.75) is 39.8 Å². The first-order chi connectivity index (χ1) is 10.9. The highest BCUT2D eigenvalue weighted by molar-refractivity contribution is 5.08. The highest BCUT2D eigenvalue weighted by Crippen LogP contribution is 1.94. The molecule has 0 saturated carbocycles. The van der Waals surface area contributed by atoms with Gasteiger partial charge in [0.15, 0.2) is 0 Å². The Morgan fingerprint density at radius 1 is 0.864 bits per heavy atom. The molecule has 2 aromatic rings. The number of rotatable bonds is 8. The van der Waals surface area contributed by atoms with Gasteiger partial charge in [-0.1, -0.05) is 32.4 Å². The molecular weight excluding hydrogens is 272 g/mol. The van der Waals surface area contributed by atoms with E-state index in [4.69, 9.17) is 0 Å². The lowest BCUT2D eigenvalue weighted by molar-refractivity contribution is 0.640. The molecule has 2 aromatic heterocycles. The average molecular weight is 300 g/mol. The van der Waals surface area contributed by atoms with Gasteiger partial charge >= 0.3 is 0 Å². The molecule has 0 bridgehead atoms. The van der Waals surface area contributed by atoms with Crippen LogP contribution >= 0.6 is 0 Å². The minimum absolute atomic E-state index is 0.921. The van der Waals surface area contributed by atoms with Crippen LogP contribution in [0.2, 0.25) is 0 Å². The fraction of sp³-hybridized carbons (Fsp3) is 0.444. The number of nitrogens with one attached hydrogen (secondary N) is 2. The van der Waals surface area contributed by atoms with E-state index in [9.17, 15) is 0 Å². The van der Waals surface area contributed by atoms with Gasteiger partial charge in [0.2, 0.25) is 0 Å². The van der Waals surface area contributed by atoms with Gasteiger partial charge in [-0.15, -0.1) is 0 Å². The van der Waals surface area contributed by atoms with Crippen LogP contribution in [0, 0.1) is 0 Å². The Morgan fingerprint density at radius 3 is 1.91 bits per heavy atom. The van der Waals surface area contributed by atoms with Crippen molar-refractivity contribution in [2.75, 3.05) is 13.1 Å². The highest BCUT2D eigenvalue weighted by Gasteiger charge is 1.89. The molecule has 4 nitrogen and oxygen atoms in total. The third-order valence-electron chi connectivity index (χ3n) is 3.06. The largest absolute Gasteiger partial charge is 0.313 e. The Morgan fingerprint density at radius 2 is 1.45 bits per heavy atom. The maximum absolute atomic E-state index is 4.04. The van der Waals surface area contributed by atoms with Crippen molar-refractivity contribution < 1.29 is 0 Å². The van der Waals surface area contributed by atoms with E-state index in [-0.39, 0.29) is 0 Å². The van der Waals surface area contributed by atoms with Crippen molar-refractivity contribution in [3.05, 3.63) is 60.2 Å². The molecule has 4 heteroatoms. The van der Waals surface area contributed by atoms with Crippen molar-refractivity contribution in [3.8, 4) is 0 Å². The van der Waals surface area contributed by atoms with Crippen LogP contribution in [-0.2, 0) is 13.1 Å². The number of hydrogen-bond acceptors (Lipinski definition) is 4. The summed E-state index contributed by atoms with van der Waals surface area (Å²) in [6.45, 7) is 8.26. The van der Waals surface area contributed by atoms with Gasteiger partial charge in [0, 0.05) is 37.9 Å². The molecule has 0 aliphatic carbocycles. The molecule has 0 aliphatic heterocycles. The molecule has 0 aliphatic rings. The molecule has 0 radical (unpaired) electrons. The summed E-state index contributed by atoms with van der Waals surface area (Å²) in [6, 6.07) is 8.07. The van der Waals surface area contributed by atoms with Crippen molar-refractivity contribution in [3.63, 3.8) is 0 Å². The maximum atomic E-state index is 4.04. The molecule has 2 heterocycles. The van der Waals surface area contributed by atoms with Gasteiger partial charge in [-0.3, -0.25) is 9.97 Å². The van der Waals surface area contributed by atoms with Crippen LogP contribution in [0.4, 0.5) is 0 Å². The fourth-order valence-electron chi connectivity index (χ4n) is 1.81. The summed E-state index contributed by atoms with van der Waals surface area (Å²) < 4.78 is 0. The summed E-state index contributed by atoms with van der Waals surface area (Å²) in [7, 11) is 0. The minimum atomic E-state index is 0.921. The topological polar surface area (TPSA) is 49.8 Å². The molecule has 120 valence electrons. The Kier molecular flexibility index (Phi) is 10.7. The molecule has 0 unspecified atom stereocenters. The number of unbranched alkanes of at least 4 members (excludes halogenated alkanes) is 1. The predicted octanol–water partition coefficient (Wildman–Crippen LogP) is 3.16. The summed E-state index contributed by atoms with van der Waals surface area (Å²) in [4.78, 5) is 8.04. The molecule has 2 N–H and O–H groups in total. The van der Waals surface area contributed by atoms with Gasteiger partial charge in [-0.2, -0.15) is 0 Å². The van der Waals surface area contributed by atoms with E-state index in [1.165, 1.54) is 24.0 Å². The first-order valence-corrected chi connectivity index (χ1v) is 8.06. The summed E-state index contributed by atoms with van der Waals surface area (Å²) in [5.41, 5.74) is 2.50. The summed E-state index contributed by atoms with van der Waals surface area (Å²) in [6.07, 6.45) is 9.87. The lowest BCUT2D eigenvalue weighted by atomic mass is 10.3. The second-order valence-corrected chi connectivity index (χ2v) is 5.03. The van der Waals surface area contributed by atoms with Crippen molar-refractivity contribution in [1.82, 2.24) is 20.6 Å². The van der Waals surface area contributed by atoms with Crippen LogP contribution in [0.25, 0.3) is 0 Å². The van der Waals surface area contributed by atoms with E-state index in [0.29, 0.717) is 0 Å². The van der Waals surface area contributed by atoms with Gasteiger partial charge in [-0.25, -0.2) is 0 Å². The number of aromatic nitrogens is 2. The van der Waals surface area contributed by atoms with Crippen molar-refractivity contribution in [1.29, 1.82) is 0 Å². The van der Waals surface area contributed by atoms with Crippen molar-refractivity contribution in [2.24, 2.45) is 0 Å². The van der Waals surface area contributed by atoms with E-state index in [1.54, 1.807) is 12.4 Å². The maximum Gasteiger partial charge on any atom is 0.0312 e. The van der Waals surface area contributed by atoms with E-state index in [1.807, 2.05) is 24.5 Å². The molecular formula is C18H28N4. The Balaban J connectivity index is 0.000000224. The van der Waals surface area contributed by atoms with Crippen LogP contribution in [0.1, 0.15) is 37.8 Å². The number of pyridine rings is 2. The van der Waals surface area contributed by atoms with E-state index in [2.05, 4.69) is 46.6 Å². The van der Waals surface area contributed by atoms with Crippen LogP contribution in [0.5, 0.6) is 0 Å². The van der Waals surface area contributed by atoms with Gasteiger partial charge in [0.05, 0.1) is 0 Å². The second-order valence-electron chi connectivity index (χ2n) is 5.03. The second kappa shape index (κ2) is 12.9. The molecule has 22 heavy (non-hydrogen) atoms. The van der Waals surface area contributed by atoms with Crippen molar-refractivity contribution >= 4 is 0 Å². The zero-order chi connectivity index (χ0) is 15.9. The first kappa shape index (κ1) is 18.3. The fourth-order valence-corrected chi connectivity index (χ4v) is 1.81. The zero-order valence-corrected chi connectivity index (χ0v) is 13.8. The summed E-state index contributed by atoms with van der Waals surface area (Å²) >= 11 is 0. The predicted molar refractivity (Wildman–Crippen MR) is 92.5 cm³/mol. The van der Waals surface area contributed by atoms with E-state index < -0.39 is 0 Å². The van der Waals surface area contributed by atoms with E-state index in [0.717, 1.165) is 26.2 Å². The normalized spacial score (nSPS) is 9.91. The number of hydrogen-bond donors (Lipinski definition) is 2. The molecule has 0 atom stereocenters. The minimum Gasteiger partial charge on any atom is -0.313 e. The molecule has 0 amide bonds. The van der Waals surface area contributed by atoms with Gasteiger partial charge < -0.3 is 10.6 Å². The highest BCUT2D eigenvalue weighted by atomic mass is 14.8. The van der Waals surface area contributed by atoms with Gasteiger partial charge in [-0.05, 0) is 42.8 Å². The molecule has 0 spiro atoms. The quantitative estimate of drug-likeness (QED) is 0.735. The van der Waals surface area contributed by atoms with Crippen LogP contribution < -0.4 is 10.6 Å². The number of nitrogens with zero attached hydrogens (tertiary/aromatic N) is 2. The lowest BCUT2D eigenvalue weighted by Crippen LogP contribution is -2.14. The Labute approximate surface area is 134 Å². The Hall–Kier alpha value is -1.78. The summed E-state index contributed by atoms with van der Waals surface area (Å²) in [5, 5.41) is 6.59. The molecule has 0 saturated heterocycles. The Bertz CT molecular complexity index is 459. The molecule has 0 aromatic carbocycles. The third kappa shape index (κ3) is 9.21. The van der Waals surface area contributed by atoms with Crippen LogP contribution in [0.3, 0.4) is 0 Å². The van der Waals surface area contributed by atoms with Crippen LogP contribution in [0.15, 0.2) is 49.1 Å². The standard InChI is InChI=1S/C10H16N2.C8H12N2/c1-2-3-6-11-8-10-5-4-7-12-9-10;1-2-9-6-8-4-3-5-10-7-8/h4-5,7,9,11H,2-3,6,8H2,1H3;3-5,7,9H,2,6H2,1H3. The van der Waals surface area contributed by atoms with Gasteiger partial charge in [0.25, 0.3) is 0 Å². The first-order valence-electron chi connectivity index (χ1n) is 8.06. The lowest BCUT2D eigenvalue weighted by Gasteiger charge is -2.02.